The van der Waals surface area contributed by atoms with Crippen molar-refractivity contribution < 1.29 is 4.79 Å². The molecule has 4 atom stereocenters. The number of carbonyl (C=O) groups is 1. The van der Waals surface area contributed by atoms with E-state index in [1.807, 2.05) is 24.3 Å². The number of guanidine groups is 1. The fraction of sp³-hybridized carbons (Fsp3) is 0.667. The molecule has 3 rings (SSSR count). The Balaban J connectivity index is 1.77. The second-order valence-electron chi connectivity index (χ2n) is 9.41. The number of hydrogen-bond donors (Lipinski definition) is 2. The highest BCUT2D eigenvalue weighted by atomic mass is 16.1. The SMILES string of the molecule is CC(=O)c1cccc(NC(=NCC2CCCC(CN)C2)N2CC(C)CC(C)C2)c1. The minimum absolute atomic E-state index is 0.0855. The summed E-state index contributed by atoms with van der Waals surface area (Å²) in [4.78, 5) is 19.3. The topological polar surface area (TPSA) is 70.7 Å². The normalized spacial score (nSPS) is 28.3. The van der Waals surface area contributed by atoms with E-state index < -0.39 is 0 Å². The van der Waals surface area contributed by atoms with Crippen molar-refractivity contribution in [3.63, 3.8) is 0 Å². The van der Waals surface area contributed by atoms with Crippen LogP contribution in [0.1, 0.15) is 63.2 Å². The first-order chi connectivity index (χ1) is 13.9. The van der Waals surface area contributed by atoms with E-state index in [1.54, 1.807) is 6.92 Å². The molecule has 1 aliphatic carbocycles. The Labute approximate surface area is 176 Å². The van der Waals surface area contributed by atoms with E-state index in [-0.39, 0.29) is 5.78 Å². The molecule has 5 heteroatoms. The molecule has 4 unspecified atom stereocenters. The minimum atomic E-state index is 0.0855. The van der Waals surface area contributed by atoms with Gasteiger partial charge in [-0.1, -0.05) is 32.4 Å². The fourth-order valence-electron chi connectivity index (χ4n) is 5.00. The summed E-state index contributed by atoms with van der Waals surface area (Å²) in [5.74, 6) is 3.64. The molecule has 1 saturated heterocycles. The summed E-state index contributed by atoms with van der Waals surface area (Å²) in [6, 6.07) is 7.75. The van der Waals surface area contributed by atoms with Crippen LogP contribution in [0.25, 0.3) is 0 Å². The van der Waals surface area contributed by atoms with E-state index in [9.17, 15) is 4.79 Å². The zero-order valence-electron chi connectivity index (χ0n) is 18.4. The first-order valence-corrected chi connectivity index (χ1v) is 11.3. The molecule has 0 radical (unpaired) electrons. The van der Waals surface area contributed by atoms with Crippen molar-refractivity contribution in [1.82, 2.24) is 4.90 Å². The average molecular weight is 399 g/mol. The van der Waals surface area contributed by atoms with Crippen LogP contribution < -0.4 is 11.1 Å². The molecule has 29 heavy (non-hydrogen) atoms. The fourth-order valence-corrected chi connectivity index (χ4v) is 5.00. The Hall–Kier alpha value is -1.88. The van der Waals surface area contributed by atoms with Gasteiger partial charge in [0.05, 0.1) is 0 Å². The van der Waals surface area contributed by atoms with Crippen LogP contribution >= 0.6 is 0 Å². The minimum Gasteiger partial charge on any atom is -0.342 e. The zero-order chi connectivity index (χ0) is 20.8. The standard InChI is InChI=1S/C24H38N4O/c1-17-10-18(2)16-28(15-17)24(26-14-21-7-4-6-20(11-21)13-25)27-23-9-5-8-22(12-23)19(3)29/h5,8-9,12,17-18,20-21H,4,6-7,10-11,13-16,25H2,1-3H3,(H,26,27). The molecule has 3 N–H and O–H groups in total. The highest BCUT2D eigenvalue weighted by Gasteiger charge is 2.26. The number of anilines is 1. The Morgan fingerprint density at radius 3 is 2.59 bits per heavy atom. The molecule has 1 aliphatic heterocycles. The second kappa shape index (κ2) is 10.2. The summed E-state index contributed by atoms with van der Waals surface area (Å²) in [6.45, 7) is 9.96. The Morgan fingerprint density at radius 2 is 1.90 bits per heavy atom. The lowest BCUT2D eigenvalue weighted by atomic mass is 9.81. The van der Waals surface area contributed by atoms with Crippen LogP contribution in [0, 0.1) is 23.7 Å². The molecule has 2 fully saturated rings. The van der Waals surface area contributed by atoms with Crippen molar-refractivity contribution in [3.8, 4) is 0 Å². The van der Waals surface area contributed by atoms with Gasteiger partial charge in [-0.15, -0.1) is 0 Å². The molecular weight excluding hydrogens is 360 g/mol. The largest absolute Gasteiger partial charge is 0.342 e. The van der Waals surface area contributed by atoms with E-state index >= 15 is 0 Å². The summed E-state index contributed by atoms with van der Waals surface area (Å²) in [7, 11) is 0. The van der Waals surface area contributed by atoms with Gasteiger partial charge in [-0.3, -0.25) is 9.79 Å². The van der Waals surface area contributed by atoms with Gasteiger partial charge in [-0.25, -0.2) is 0 Å². The number of aliphatic imine (C=N–C) groups is 1. The summed E-state index contributed by atoms with van der Waals surface area (Å²) in [5.41, 5.74) is 7.59. The molecule has 0 aromatic heterocycles. The number of hydrogen-bond acceptors (Lipinski definition) is 3. The van der Waals surface area contributed by atoms with Crippen molar-refractivity contribution >= 4 is 17.4 Å². The van der Waals surface area contributed by atoms with Gasteiger partial charge in [0, 0.05) is 30.9 Å². The molecule has 0 bridgehead atoms. The number of ketones is 1. The number of carbonyl (C=O) groups excluding carboxylic acids is 1. The van der Waals surface area contributed by atoms with Crippen molar-refractivity contribution in [2.24, 2.45) is 34.4 Å². The number of rotatable bonds is 5. The number of Topliss-reactive ketones (excluding diaryl/α,β-unsaturated/α-hetero) is 1. The van der Waals surface area contributed by atoms with Gasteiger partial charge in [0.15, 0.2) is 11.7 Å². The Morgan fingerprint density at radius 1 is 1.17 bits per heavy atom. The summed E-state index contributed by atoms with van der Waals surface area (Å²) >= 11 is 0. The summed E-state index contributed by atoms with van der Waals surface area (Å²) in [5, 5.41) is 3.55. The first kappa shape index (κ1) is 21.8. The summed E-state index contributed by atoms with van der Waals surface area (Å²) < 4.78 is 0. The lowest BCUT2D eigenvalue weighted by Gasteiger charge is -2.37. The molecule has 0 amide bonds. The Kier molecular flexibility index (Phi) is 7.70. The highest BCUT2D eigenvalue weighted by molar-refractivity contribution is 5.98. The van der Waals surface area contributed by atoms with Crippen molar-refractivity contribution in [3.05, 3.63) is 29.8 Å². The molecular formula is C24H38N4O. The predicted octanol–water partition coefficient (Wildman–Crippen LogP) is 4.40. The molecule has 0 spiro atoms. The van der Waals surface area contributed by atoms with Crippen LogP contribution in [0.5, 0.6) is 0 Å². The third-order valence-electron chi connectivity index (χ3n) is 6.42. The van der Waals surface area contributed by atoms with Crippen LogP contribution in [0.15, 0.2) is 29.3 Å². The molecule has 1 heterocycles. The number of nitrogens with zero attached hydrogens (tertiary/aromatic N) is 2. The van der Waals surface area contributed by atoms with E-state index in [4.69, 9.17) is 10.7 Å². The van der Waals surface area contributed by atoms with E-state index in [0.717, 1.165) is 43.4 Å². The lowest BCUT2D eigenvalue weighted by molar-refractivity contribution is 0.101. The quantitative estimate of drug-likeness (QED) is 0.438. The molecule has 5 nitrogen and oxygen atoms in total. The van der Waals surface area contributed by atoms with Gasteiger partial charge in [-0.2, -0.15) is 0 Å². The van der Waals surface area contributed by atoms with Gasteiger partial charge in [0.2, 0.25) is 0 Å². The summed E-state index contributed by atoms with van der Waals surface area (Å²) in [6.07, 6.45) is 6.24. The van der Waals surface area contributed by atoms with E-state index in [1.165, 1.54) is 32.1 Å². The predicted molar refractivity (Wildman–Crippen MR) is 121 cm³/mol. The zero-order valence-corrected chi connectivity index (χ0v) is 18.4. The maximum absolute atomic E-state index is 11.8. The third-order valence-corrected chi connectivity index (χ3v) is 6.42. The van der Waals surface area contributed by atoms with Crippen LogP contribution in [-0.2, 0) is 0 Å². The average Bonchev–Trinajstić information content (AvgIpc) is 2.70. The van der Waals surface area contributed by atoms with Crippen molar-refractivity contribution in [2.75, 3.05) is 31.5 Å². The number of piperidine rings is 1. The molecule has 1 aromatic carbocycles. The maximum atomic E-state index is 11.8. The smallest absolute Gasteiger partial charge is 0.198 e. The monoisotopic (exact) mass is 398 g/mol. The molecule has 1 aromatic rings. The second-order valence-corrected chi connectivity index (χ2v) is 9.41. The van der Waals surface area contributed by atoms with Gasteiger partial charge >= 0.3 is 0 Å². The van der Waals surface area contributed by atoms with Crippen LogP contribution in [-0.4, -0.2) is 42.8 Å². The molecule has 160 valence electrons. The first-order valence-electron chi connectivity index (χ1n) is 11.3. The Bertz CT molecular complexity index is 707. The van der Waals surface area contributed by atoms with Gasteiger partial charge in [0.1, 0.15) is 0 Å². The van der Waals surface area contributed by atoms with Crippen LogP contribution in [0.3, 0.4) is 0 Å². The van der Waals surface area contributed by atoms with Crippen molar-refractivity contribution in [1.29, 1.82) is 0 Å². The van der Waals surface area contributed by atoms with E-state index in [2.05, 4.69) is 24.1 Å². The van der Waals surface area contributed by atoms with Gasteiger partial charge in [0.25, 0.3) is 0 Å². The number of likely N-dealkylation sites (tertiary alicyclic amines) is 1. The van der Waals surface area contributed by atoms with Gasteiger partial charge < -0.3 is 16.0 Å². The number of nitrogens with one attached hydrogen (secondary N) is 1. The molecule has 1 saturated carbocycles. The van der Waals surface area contributed by atoms with Gasteiger partial charge in [-0.05, 0) is 75.0 Å². The molecule has 2 aliphatic rings. The highest BCUT2D eigenvalue weighted by Crippen LogP contribution is 2.29. The van der Waals surface area contributed by atoms with E-state index in [0.29, 0.717) is 23.7 Å². The lowest BCUT2D eigenvalue weighted by Crippen LogP contribution is -2.46. The van der Waals surface area contributed by atoms with Crippen LogP contribution in [0.2, 0.25) is 0 Å². The number of nitrogens with two attached hydrogens (primary N) is 1. The van der Waals surface area contributed by atoms with Crippen molar-refractivity contribution in [2.45, 2.75) is 52.9 Å². The van der Waals surface area contributed by atoms with Crippen LogP contribution in [0.4, 0.5) is 5.69 Å². The third kappa shape index (κ3) is 6.30. The maximum Gasteiger partial charge on any atom is 0.198 e. The number of benzene rings is 1.